The van der Waals surface area contributed by atoms with E-state index in [1.807, 2.05) is 0 Å². The summed E-state index contributed by atoms with van der Waals surface area (Å²) in [6, 6.07) is 4.23. The molecular weight excluding hydrogens is 232 g/mol. The fourth-order valence-corrected chi connectivity index (χ4v) is 1.59. The van der Waals surface area contributed by atoms with Crippen LogP contribution in [-0.4, -0.2) is 24.2 Å². The predicted molar refractivity (Wildman–Crippen MR) is 58.8 cm³/mol. The highest BCUT2D eigenvalue weighted by Gasteiger charge is 2.19. The largest absolute Gasteiger partial charge is 0.478 e. The smallest absolute Gasteiger partial charge is 0.335 e. The third-order valence-corrected chi connectivity index (χ3v) is 2.61. The fourth-order valence-electron chi connectivity index (χ4n) is 1.31. The maximum atomic E-state index is 11.3. The Bertz CT molecular complexity index is 428. The standard InChI is InChI=1S/C11H11ClO4/c1-6(11(15)16-2)8-5-7(10(13)14)3-4-9(8)12/h3-6H,1-2H3,(H,13,14). The van der Waals surface area contributed by atoms with Crippen molar-refractivity contribution >= 4 is 23.5 Å². The lowest BCUT2D eigenvalue weighted by molar-refractivity contribution is -0.142. The maximum absolute atomic E-state index is 11.3. The molecule has 0 bridgehead atoms. The molecule has 86 valence electrons. The van der Waals surface area contributed by atoms with Crippen LogP contribution >= 0.6 is 11.6 Å². The molecule has 5 heteroatoms. The average molecular weight is 243 g/mol. The van der Waals surface area contributed by atoms with Crippen molar-refractivity contribution in [2.75, 3.05) is 7.11 Å². The molecule has 0 aromatic heterocycles. The van der Waals surface area contributed by atoms with Crippen molar-refractivity contribution in [2.45, 2.75) is 12.8 Å². The normalized spacial score (nSPS) is 11.9. The van der Waals surface area contributed by atoms with Gasteiger partial charge < -0.3 is 9.84 Å². The van der Waals surface area contributed by atoms with Gasteiger partial charge in [0, 0.05) is 5.02 Å². The van der Waals surface area contributed by atoms with E-state index in [0.29, 0.717) is 10.6 Å². The summed E-state index contributed by atoms with van der Waals surface area (Å²) < 4.78 is 4.58. The fraction of sp³-hybridized carbons (Fsp3) is 0.273. The number of carbonyl (C=O) groups excluding carboxylic acids is 1. The van der Waals surface area contributed by atoms with Crippen molar-refractivity contribution in [3.63, 3.8) is 0 Å². The molecule has 1 rings (SSSR count). The van der Waals surface area contributed by atoms with Crippen molar-refractivity contribution in [3.8, 4) is 0 Å². The first-order valence-corrected chi connectivity index (χ1v) is 4.95. The van der Waals surface area contributed by atoms with Crippen LogP contribution in [0.1, 0.15) is 28.8 Å². The Morgan fingerprint density at radius 2 is 2.06 bits per heavy atom. The molecular formula is C11H11ClO4. The molecule has 1 unspecified atom stereocenters. The average Bonchev–Trinajstić information content (AvgIpc) is 2.27. The molecule has 0 saturated carbocycles. The number of ether oxygens (including phenoxy) is 1. The number of halogens is 1. The number of esters is 1. The third kappa shape index (κ3) is 2.52. The zero-order chi connectivity index (χ0) is 12.3. The van der Waals surface area contributed by atoms with E-state index in [2.05, 4.69) is 4.74 Å². The first-order chi connectivity index (χ1) is 7.47. The third-order valence-electron chi connectivity index (χ3n) is 2.26. The van der Waals surface area contributed by atoms with Crippen LogP contribution in [0.4, 0.5) is 0 Å². The van der Waals surface area contributed by atoms with Gasteiger partial charge in [0.05, 0.1) is 18.6 Å². The monoisotopic (exact) mass is 242 g/mol. The summed E-state index contributed by atoms with van der Waals surface area (Å²) >= 11 is 5.90. The van der Waals surface area contributed by atoms with Gasteiger partial charge in [-0.05, 0) is 30.7 Å². The van der Waals surface area contributed by atoms with Crippen LogP contribution in [0.3, 0.4) is 0 Å². The van der Waals surface area contributed by atoms with Crippen molar-refractivity contribution in [1.29, 1.82) is 0 Å². The van der Waals surface area contributed by atoms with Gasteiger partial charge in [-0.1, -0.05) is 11.6 Å². The van der Waals surface area contributed by atoms with Crippen molar-refractivity contribution < 1.29 is 19.4 Å². The topological polar surface area (TPSA) is 63.6 Å². The minimum atomic E-state index is -1.06. The van der Waals surface area contributed by atoms with Crippen LogP contribution in [0.25, 0.3) is 0 Å². The van der Waals surface area contributed by atoms with Gasteiger partial charge in [0.1, 0.15) is 0 Å². The Morgan fingerprint density at radius 3 is 2.56 bits per heavy atom. The second-order valence-electron chi connectivity index (χ2n) is 3.29. The summed E-state index contributed by atoms with van der Waals surface area (Å²) in [5, 5.41) is 9.17. The number of carboxylic acid groups (broad SMARTS) is 1. The van der Waals surface area contributed by atoms with E-state index in [4.69, 9.17) is 16.7 Å². The summed E-state index contributed by atoms with van der Waals surface area (Å²) in [6.45, 7) is 1.61. The summed E-state index contributed by atoms with van der Waals surface area (Å²) in [5.74, 6) is -2.10. The molecule has 4 nitrogen and oxygen atoms in total. The number of carboxylic acids is 1. The first-order valence-electron chi connectivity index (χ1n) is 4.58. The Hall–Kier alpha value is -1.55. The highest BCUT2D eigenvalue weighted by Crippen LogP contribution is 2.26. The molecule has 0 saturated heterocycles. The predicted octanol–water partition coefficient (Wildman–Crippen LogP) is 2.31. The van der Waals surface area contributed by atoms with Crippen LogP contribution < -0.4 is 0 Å². The Labute approximate surface area is 97.8 Å². The highest BCUT2D eigenvalue weighted by molar-refractivity contribution is 6.31. The number of carbonyl (C=O) groups is 2. The quantitative estimate of drug-likeness (QED) is 0.827. The summed E-state index contributed by atoms with van der Waals surface area (Å²) in [4.78, 5) is 22.1. The van der Waals surface area contributed by atoms with E-state index in [-0.39, 0.29) is 5.56 Å². The lowest BCUT2D eigenvalue weighted by atomic mass is 9.99. The molecule has 1 N–H and O–H groups in total. The van der Waals surface area contributed by atoms with Gasteiger partial charge in [-0.15, -0.1) is 0 Å². The van der Waals surface area contributed by atoms with Crippen molar-refractivity contribution in [2.24, 2.45) is 0 Å². The number of rotatable bonds is 3. The molecule has 0 radical (unpaired) electrons. The summed E-state index contributed by atoms with van der Waals surface area (Å²) in [5.41, 5.74) is 0.545. The number of hydrogen-bond acceptors (Lipinski definition) is 3. The van der Waals surface area contributed by atoms with Crippen LogP contribution in [0.2, 0.25) is 5.02 Å². The minimum Gasteiger partial charge on any atom is -0.478 e. The molecule has 0 spiro atoms. The van der Waals surface area contributed by atoms with Crippen LogP contribution in [0, 0.1) is 0 Å². The van der Waals surface area contributed by atoms with Gasteiger partial charge in [-0.3, -0.25) is 4.79 Å². The van der Waals surface area contributed by atoms with E-state index in [1.165, 1.54) is 25.3 Å². The number of aromatic carboxylic acids is 1. The van der Waals surface area contributed by atoms with E-state index < -0.39 is 17.9 Å². The van der Waals surface area contributed by atoms with Gasteiger partial charge in [0.25, 0.3) is 0 Å². The number of benzene rings is 1. The second-order valence-corrected chi connectivity index (χ2v) is 3.69. The van der Waals surface area contributed by atoms with Gasteiger partial charge >= 0.3 is 11.9 Å². The highest BCUT2D eigenvalue weighted by atomic mass is 35.5. The minimum absolute atomic E-state index is 0.0927. The Morgan fingerprint density at radius 1 is 1.44 bits per heavy atom. The van der Waals surface area contributed by atoms with Gasteiger partial charge in [-0.2, -0.15) is 0 Å². The summed E-state index contributed by atoms with van der Waals surface area (Å²) in [6.07, 6.45) is 0. The summed E-state index contributed by atoms with van der Waals surface area (Å²) in [7, 11) is 1.27. The molecule has 0 aliphatic heterocycles. The number of methoxy groups -OCH3 is 1. The molecule has 1 aromatic carbocycles. The molecule has 1 aromatic rings. The zero-order valence-electron chi connectivity index (χ0n) is 8.86. The van der Waals surface area contributed by atoms with E-state index >= 15 is 0 Å². The maximum Gasteiger partial charge on any atom is 0.335 e. The Balaban J connectivity index is 3.16. The first kappa shape index (κ1) is 12.5. The van der Waals surface area contributed by atoms with E-state index in [0.717, 1.165) is 0 Å². The van der Waals surface area contributed by atoms with Crippen molar-refractivity contribution in [1.82, 2.24) is 0 Å². The van der Waals surface area contributed by atoms with E-state index in [9.17, 15) is 9.59 Å². The van der Waals surface area contributed by atoms with Crippen LogP contribution in [0.15, 0.2) is 18.2 Å². The SMILES string of the molecule is COC(=O)C(C)c1cc(C(=O)O)ccc1Cl. The van der Waals surface area contributed by atoms with E-state index in [1.54, 1.807) is 6.92 Å². The molecule has 0 amide bonds. The zero-order valence-corrected chi connectivity index (χ0v) is 9.62. The molecule has 16 heavy (non-hydrogen) atoms. The van der Waals surface area contributed by atoms with Gasteiger partial charge in [-0.25, -0.2) is 4.79 Å². The lowest BCUT2D eigenvalue weighted by Gasteiger charge is -2.11. The van der Waals surface area contributed by atoms with Gasteiger partial charge in [0.2, 0.25) is 0 Å². The molecule has 1 atom stereocenters. The number of hydrogen-bond donors (Lipinski definition) is 1. The van der Waals surface area contributed by atoms with Crippen molar-refractivity contribution in [3.05, 3.63) is 34.3 Å². The Kier molecular flexibility index (Phi) is 3.90. The van der Waals surface area contributed by atoms with Crippen LogP contribution in [0.5, 0.6) is 0 Å². The van der Waals surface area contributed by atoms with Gasteiger partial charge in [0.15, 0.2) is 0 Å². The molecule has 0 fully saturated rings. The van der Waals surface area contributed by atoms with Crippen LogP contribution in [-0.2, 0) is 9.53 Å². The second kappa shape index (κ2) is 4.99. The molecule has 0 aliphatic carbocycles. The molecule has 0 aliphatic rings. The molecule has 0 heterocycles. The lowest BCUT2D eigenvalue weighted by Crippen LogP contribution is -2.12.